The van der Waals surface area contributed by atoms with E-state index in [-0.39, 0.29) is 30.5 Å². The van der Waals surface area contributed by atoms with Gasteiger partial charge in [0.25, 0.3) is 0 Å². The number of nitrogens with zero attached hydrogens (tertiary/aromatic N) is 2. The van der Waals surface area contributed by atoms with Gasteiger partial charge in [-0.2, -0.15) is 5.26 Å². The lowest BCUT2D eigenvalue weighted by Gasteiger charge is -2.11. The van der Waals surface area contributed by atoms with Crippen LogP contribution in [0.2, 0.25) is 5.02 Å². The van der Waals surface area contributed by atoms with Gasteiger partial charge in [0.1, 0.15) is 11.8 Å². The van der Waals surface area contributed by atoms with Crippen molar-refractivity contribution in [3.8, 4) is 11.8 Å². The van der Waals surface area contributed by atoms with Crippen molar-refractivity contribution in [1.82, 2.24) is 4.98 Å². The highest BCUT2D eigenvalue weighted by Gasteiger charge is 2.20. The average molecular weight is 359 g/mol. The normalized spacial score (nSPS) is 10.3. The summed E-state index contributed by atoms with van der Waals surface area (Å²) in [6, 6.07) is 8.64. The first kappa shape index (κ1) is 18.4. The number of hydrogen-bond donors (Lipinski definition) is 2. The monoisotopic (exact) mass is 358 g/mol. The summed E-state index contributed by atoms with van der Waals surface area (Å²) in [5.41, 5.74) is 1.74. The van der Waals surface area contributed by atoms with Gasteiger partial charge in [0.05, 0.1) is 12.0 Å². The van der Waals surface area contributed by atoms with Gasteiger partial charge in [0.2, 0.25) is 0 Å². The number of nitriles is 1. The molecule has 0 aliphatic carbocycles. The Kier molecular flexibility index (Phi) is 5.73. The van der Waals surface area contributed by atoms with Crippen molar-refractivity contribution in [2.45, 2.75) is 26.2 Å². The molecule has 0 saturated carbocycles. The fraction of sp³-hybridized carbons (Fsp3) is 0.222. The van der Waals surface area contributed by atoms with E-state index in [4.69, 9.17) is 16.7 Å². The van der Waals surface area contributed by atoms with Gasteiger partial charge in [-0.15, -0.1) is 0 Å². The lowest BCUT2D eigenvalue weighted by atomic mass is 10.0. The van der Waals surface area contributed by atoms with Crippen LogP contribution in [0.3, 0.4) is 0 Å². The number of pyridine rings is 1. The highest BCUT2D eigenvalue weighted by molar-refractivity contribution is 6.31. The zero-order valence-corrected chi connectivity index (χ0v) is 14.2. The van der Waals surface area contributed by atoms with Crippen LogP contribution in [0.4, 0.5) is 0 Å². The van der Waals surface area contributed by atoms with Crippen LogP contribution in [0.15, 0.2) is 24.3 Å². The predicted molar refractivity (Wildman–Crippen MR) is 90.8 cm³/mol. The summed E-state index contributed by atoms with van der Waals surface area (Å²) in [5, 5.41) is 28.4. The van der Waals surface area contributed by atoms with Crippen LogP contribution in [0.5, 0.6) is 5.75 Å². The van der Waals surface area contributed by atoms with Gasteiger partial charge in [-0.3, -0.25) is 9.59 Å². The number of ketones is 1. The van der Waals surface area contributed by atoms with E-state index in [0.717, 1.165) is 11.1 Å². The smallest absolute Gasteiger partial charge is 0.303 e. The van der Waals surface area contributed by atoms with Crippen LogP contribution in [0.25, 0.3) is 0 Å². The van der Waals surface area contributed by atoms with Crippen molar-refractivity contribution in [3.63, 3.8) is 0 Å². The van der Waals surface area contributed by atoms with Crippen LogP contribution in [-0.2, 0) is 11.2 Å². The number of benzene rings is 1. The quantitative estimate of drug-likeness (QED) is 0.766. The zero-order chi connectivity index (χ0) is 18.6. The molecule has 0 amide bonds. The van der Waals surface area contributed by atoms with Crippen molar-refractivity contribution >= 4 is 23.4 Å². The number of carboxylic acid groups (broad SMARTS) is 1. The second-order valence-electron chi connectivity index (χ2n) is 5.50. The van der Waals surface area contributed by atoms with Crippen molar-refractivity contribution in [2.24, 2.45) is 0 Å². The number of carboxylic acids is 1. The van der Waals surface area contributed by atoms with Crippen LogP contribution in [-0.4, -0.2) is 26.9 Å². The molecule has 25 heavy (non-hydrogen) atoms. The van der Waals surface area contributed by atoms with Gasteiger partial charge in [-0.25, -0.2) is 4.98 Å². The van der Waals surface area contributed by atoms with Crippen LogP contribution in [0, 0.1) is 18.3 Å². The highest BCUT2D eigenvalue weighted by Crippen LogP contribution is 2.27. The summed E-state index contributed by atoms with van der Waals surface area (Å²) in [5.74, 6) is -2.29. The van der Waals surface area contributed by atoms with Gasteiger partial charge in [0.15, 0.2) is 11.5 Å². The van der Waals surface area contributed by atoms with Crippen LogP contribution in [0.1, 0.15) is 45.7 Å². The van der Waals surface area contributed by atoms with Crippen LogP contribution >= 0.6 is 11.6 Å². The average Bonchev–Trinajstić information content (AvgIpc) is 2.57. The minimum Gasteiger partial charge on any atom is -0.504 e. The molecule has 1 heterocycles. The number of aryl methyl sites for hydroxylation is 1. The molecule has 128 valence electrons. The molecule has 6 nitrogen and oxygen atoms in total. The summed E-state index contributed by atoms with van der Waals surface area (Å²) in [6.45, 7) is 1.88. The predicted octanol–water partition coefficient (Wildman–Crippen LogP) is 3.26. The summed E-state index contributed by atoms with van der Waals surface area (Å²) in [7, 11) is 0. The maximum Gasteiger partial charge on any atom is 0.303 e. The number of halogens is 1. The fourth-order valence-corrected chi connectivity index (χ4v) is 2.66. The van der Waals surface area contributed by atoms with Crippen molar-refractivity contribution < 1.29 is 19.8 Å². The molecule has 2 rings (SSSR count). The van der Waals surface area contributed by atoms with Crippen molar-refractivity contribution in [1.29, 1.82) is 5.26 Å². The molecule has 0 radical (unpaired) electrons. The number of Topliss-reactive ketones (excluding diaryl/α,β-unsaturated/α-hetero) is 1. The van der Waals surface area contributed by atoms with Crippen LogP contribution < -0.4 is 0 Å². The first-order valence-corrected chi connectivity index (χ1v) is 7.83. The molecule has 0 fully saturated rings. The molecule has 0 aliphatic heterocycles. The van der Waals surface area contributed by atoms with Crippen molar-refractivity contribution in [2.75, 3.05) is 0 Å². The standard InChI is InChI=1S/C18H15ClN2O4/c1-10-3-2-4-14(19)13(10)8-12-7-11(9-20)18(25)17(21-12)15(22)5-6-16(23)24/h2-4,7,25H,5-6,8H2,1H3,(H,23,24). The number of carbonyl (C=O) groups excluding carboxylic acids is 1. The van der Waals surface area contributed by atoms with E-state index in [1.807, 2.05) is 25.1 Å². The summed E-state index contributed by atoms with van der Waals surface area (Å²) < 4.78 is 0. The van der Waals surface area contributed by atoms with Gasteiger partial charge in [-0.1, -0.05) is 23.7 Å². The molecule has 0 aliphatic rings. The van der Waals surface area contributed by atoms with E-state index < -0.39 is 17.5 Å². The first-order valence-electron chi connectivity index (χ1n) is 7.45. The van der Waals surface area contributed by atoms with Gasteiger partial charge in [-0.05, 0) is 30.2 Å². The molecule has 0 spiro atoms. The molecule has 2 N–H and O–H groups in total. The van der Waals surface area contributed by atoms with Gasteiger partial charge >= 0.3 is 5.97 Å². The summed E-state index contributed by atoms with van der Waals surface area (Å²) >= 11 is 6.20. The second-order valence-corrected chi connectivity index (χ2v) is 5.91. The lowest BCUT2D eigenvalue weighted by Crippen LogP contribution is -2.09. The molecule has 1 aromatic carbocycles. The number of hydrogen-bond acceptors (Lipinski definition) is 5. The number of rotatable bonds is 6. The maximum atomic E-state index is 12.2. The number of aromatic nitrogens is 1. The van der Waals surface area contributed by atoms with Gasteiger partial charge in [0, 0.05) is 23.6 Å². The third-order valence-electron chi connectivity index (χ3n) is 3.71. The Balaban J connectivity index is 2.43. The molecule has 2 aromatic rings. The molecular weight excluding hydrogens is 344 g/mol. The molecule has 0 saturated heterocycles. The third-order valence-corrected chi connectivity index (χ3v) is 4.06. The molecule has 0 bridgehead atoms. The van der Waals surface area contributed by atoms with E-state index in [1.165, 1.54) is 6.07 Å². The number of aliphatic carboxylic acids is 1. The zero-order valence-electron chi connectivity index (χ0n) is 13.4. The Morgan fingerprint density at radius 2 is 2.04 bits per heavy atom. The largest absolute Gasteiger partial charge is 0.504 e. The van der Waals surface area contributed by atoms with E-state index in [2.05, 4.69) is 4.98 Å². The van der Waals surface area contributed by atoms with E-state index in [0.29, 0.717) is 10.7 Å². The highest BCUT2D eigenvalue weighted by atomic mass is 35.5. The maximum absolute atomic E-state index is 12.2. The molecule has 7 heteroatoms. The SMILES string of the molecule is Cc1cccc(Cl)c1Cc1cc(C#N)c(O)c(C(=O)CCC(=O)O)n1. The third kappa shape index (κ3) is 4.34. The molecule has 0 atom stereocenters. The minimum absolute atomic E-state index is 0.0895. The Morgan fingerprint density at radius 3 is 2.64 bits per heavy atom. The Hall–Kier alpha value is -2.91. The first-order chi connectivity index (χ1) is 11.8. The lowest BCUT2D eigenvalue weighted by molar-refractivity contribution is -0.136. The molecular formula is C18H15ClN2O4. The summed E-state index contributed by atoms with van der Waals surface area (Å²) in [6.07, 6.45) is -0.412. The van der Waals surface area contributed by atoms with Crippen molar-refractivity contribution in [3.05, 3.63) is 57.4 Å². The topological polar surface area (TPSA) is 111 Å². The van der Waals surface area contributed by atoms with E-state index >= 15 is 0 Å². The van der Waals surface area contributed by atoms with Gasteiger partial charge < -0.3 is 10.2 Å². The second kappa shape index (κ2) is 7.77. The Bertz CT molecular complexity index is 867. The molecule has 0 unspecified atom stereocenters. The fourth-order valence-electron chi connectivity index (χ4n) is 2.37. The van der Waals surface area contributed by atoms with E-state index in [9.17, 15) is 20.0 Å². The Labute approximate surface area is 149 Å². The minimum atomic E-state index is -1.13. The van der Waals surface area contributed by atoms with E-state index in [1.54, 1.807) is 6.07 Å². The number of carbonyl (C=O) groups is 2. The number of aromatic hydroxyl groups is 1. The summed E-state index contributed by atoms with van der Waals surface area (Å²) in [4.78, 5) is 26.9. The Morgan fingerprint density at radius 1 is 1.32 bits per heavy atom. The molecule has 1 aromatic heterocycles.